The first-order valence-electron chi connectivity index (χ1n) is 3.68. The van der Waals surface area contributed by atoms with Gasteiger partial charge in [0.25, 0.3) is 0 Å². The normalized spacial score (nSPS) is 9.25. The van der Waals surface area contributed by atoms with Gasteiger partial charge in [0.05, 0.1) is 11.0 Å². The van der Waals surface area contributed by atoms with Crippen molar-refractivity contribution in [3.8, 4) is 0 Å². The Morgan fingerprint density at radius 3 is 2.50 bits per heavy atom. The van der Waals surface area contributed by atoms with Gasteiger partial charge < -0.3 is 10.2 Å². The highest BCUT2D eigenvalue weighted by atomic mass is 127. The summed E-state index contributed by atoms with van der Waals surface area (Å²) in [5.41, 5.74) is 0. The summed E-state index contributed by atoms with van der Waals surface area (Å²) in [6.07, 6.45) is 0. The molecule has 0 atom stereocenters. The van der Waals surface area contributed by atoms with E-state index in [0.29, 0.717) is 11.0 Å². The number of hydrogen-bond donors (Lipinski definition) is 1. The van der Waals surface area contributed by atoms with Gasteiger partial charge in [-0.25, -0.2) is 0 Å². The van der Waals surface area contributed by atoms with Crippen molar-refractivity contribution < 1.29 is 9.59 Å². The lowest BCUT2D eigenvalue weighted by Gasteiger charge is -2.14. The molecule has 0 unspecified atom stereocenters. The lowest BCUT2D eigenvalue weighted by Crippen LogP contribution is -2.38. The van der Waals surface area contributed by atoms with Crippen LogP contribution >= 0.6 is 22.6 Å². The summed E-state index contributed by atoms with van der Waals surface area (Å²) < 4.78 is 0.410. The van der Waals surface area contributed by atoms with E-state index in [0.717, 1.165) is 0 Å². The molecule has 70 valence electrons. The average molecular weight is 284 g/mol. The minimum absolute atomic E-state index is 0.0261. The molecular formula is C7H13IN2O2. The quantitative estimate of drug-likeness (QED) is 0.584. The Morgan fingerprint density at radius 1 is 1.50 bits per heavy atom. The summed E-state index contributed by atoms with van der Waals surface area (Å²) in [5.74, 6) is -0.139. The molecule has 0 aliphatic rings. The van der Waals surface area contributed by atoms with Gasteiger partial charge in [-0.05, 0) is 6.92 Å². The molecule has 0 aliphatic heterocycles. The van der Waals surface area contributed by atoms with Crippen LogP contribution in [0.25, 0.3) is 0 Å². The molecule has 12 heavy (non-hydrogen) atoms. The van der Waals surface area contributed by atoms with Gasteiger partial charge in [0.15, 0.2) is 0 Å². The fraction of sp³-hybridized carbons (Fsp3) is 0.714. The first kappa shape index (κ1) is 11.7. The molecule has 0 fully saturated rings. The number of alkyl halides is 1. The smallest absolute Gasteiger partial charge is 0.239 e. The van der Waals surface area contributed by atoms with Crippen LogP contribution in [0.15, 0.2) is 0 Å². The summed E-state index contributed by atoms with van der Waals surface area (Å²) in [6, 6.07) is 0. The lowest BCUT2D eigenvalue weighted by molar-refractivity contribution is -0.132. The maximum atomic E-state index is 11.0. The van der Waals surface area contributed by atoms with Gasteiger partial charge in [0, 0.05) is 13.6 Å². The molecule has 0 aromatic carbocycles. The number of hydrogen-bond acceptors (Lipinski definition) is 2. The molecule has 1 N–H and O–H groups in total. The van der Waals surface area contributed by atoms with Crippen LogP contribution in [0, 0.1) is 0 Å². The van der Waals surface area contributed by atoms with Gasteiger partial charge in [-0.15, -0.1) is 0 Å². The molecular weight excluding hydrogens is 271 g/mol. The molecule has 0 saturated carbocycles. The Balaban J connectivity index is 3.75. The van der Waals surface area contributed by atoms with Crippen LogP contribution in [0.4, 0.5) is 0 Å². The van der Waals surface area contributed by atoms with Crippen molar-refractivity contribution >= 4 is 34.4 Å². The van der Waals surface area contributed by atoms with Crippen LogP contribution in [-0.2, 0) is 9.59 Å². The van der Waals surface area contributed by atoms with Crippen LogP contribution in [0.2, 0.25) is 0 Å². The van der Waals surface area contributed by atoms with Crippen molar-refractivity contribution in [2.45, 2.75) is 6.92 Å². The highest BCUT2D eigenvalue weighted by Gasteiger charge is 2.09. The van der Waals surface area contributed by atoms with Crippen molar-refractivity contribution in [1.82, 2.24) is 10.2 Å². The molecule has 5 heteroatoms. The van der Waals surface area contributed by atoms with Crippen LogP contribution < -0.4 is 5.32 Å². The van der Waals surface area contributed by atoms with Crippen molar-refractivity contribution in [2.24, 2.45) is 0 Å². The number of nitrogens with zero attached hydrogens (tertiary/aromatic N) is 1. The van der Waals surface area contributed by atoms with Crippen LogP contribution in [-0.4, -0.2) is 41.3 Å². The second-order valence-corrected chi connectivity index (χ2v) is 3.10. The third kappa shape index (κ3) is 4.53. The van der Waals surface area contributed by atoms with Crippen LogP contribution in [0.1, 0.15) is 6.92 Å². The van der Waals surface area contributed by atoms with E-state index in [2.05, 4.69) is 5.32 Å². The molecule has 0 heterocycles. The van der Waals surface area contributed by atoms with E-state index in [1.165, 1.54) is 4.90 Å². The molecule has 0 rings (SSSR count). The van der Waals surface area contributed by atoms with E-state index >= 15 is 0 Å². The number of carbonyl (C=O) groups excluding carboxylic acids is 2. The van der Waals surface area contributed by atoms with E-state index in [4.69, 9.17) is 0 Å². The van der Waals surface area contributed by atoms with Crippen molar-refractivity contribution in [1.29, 1.82) is 0 Å². The molecule has 0 bridgehead atoms. The zero-order chi connectivity index (χ0) is 9.56. The largest absolute Gasteiger partial charge is 0.355 e. The summed E-state index contributed by atoms with van der Waals surface area (Å²) in [7, 11) is 1.62. The molecule has 4 nitrogen and oxygen atoms in total. The topological polar surface area (TPSA) is 49.4 Å². The monoisotopic (exact) mass is 284 g/mol. The van der Waals surface area contributed by atoms with Gasteiger partial charge in [0.2, 0.25) is 11.8 Å². The van der Waals surface area contributed by atoms with Crippen molar-refractivity contribution in [3.63, 3.8) is 0 Å². The highest BCUT2D eigenvalue weighted by Crippen LogP contribution is 1.89. The third-order valence-electron chi connectivity index (χ3n) is 1.29. The number of carbonyl (C=O) groups is 2. The Hall–Kier alpha value is -0.330. The molecule has 0 radical (unpaired) electrons. The number of nitrogens with one attached hydrogen (secondary N) is 1. The first-order valence-corrected chi connectivity index (χ1v) is 5.21. The molecule has 2 amide bonds. The van der Waals surface area contributed by atoms with Crippen LogP contribution in [0.5, 0.6) is 0 Å². The highest BCUT2D eigenvalue weighted by molar-refractivity contribution is 14.1. The minimum Gasteiger partial charge on any atom is -0.355 e. The number of halogens is 1. The molecule has 0 saturated heterocycles. The molecule has 0 aromatic heterocycles. The van der Waals surface area contributed by atoms with Gasteiger partial charge in [-0.3, -0.25) is 9.59 Å². The van der Waals surface area contributed by atoms with Crippen molar-refractivity contribution in [3.05, 3.63) is 0 Å². The minimum atomic E-state index is -0.113. The Kier molecular flexibility index (Phi) is 6.04. The Morgan fingerprint density at radius 2 is 2.08 bits per heavy atom. The van der Waals surface area contributed by atoms with E-state index < -0.39 is 0 Å². The predicted octanol–water partition coefficient (Wildman–Crippen LogP) is 0.0159. The van der Waals surface area contributed by atoms with Crippen LogP contribution in [0.3, 0.4) is 0 Å². The van der Waals surface area contributed by atoms with Crippen molar-refractivity contribution in [2.75, 3.05) is 24.6 Å². The van der Waals surface area contributed by atoms with E-state index in [-0.39, 0.29) is 18.4 Å². The lowest BCUT2D eigenvalue weighted by atomic mass is 10.5. The maximum absolute atomic E-state index is 11.0. The van der Waals surface area contributed by atoms with Gasteiger partial charge in [0.1, 0.15) is 0 Å². The molecule has 0 aliphatic carbocycles. The van der Waals surface area contributed by atoms with Gasteiger partial charge >= 0.3 is 0 Å². The van der Waals surface area contributed by atoms with Gasteiger partial charge in [-0.1, -0.05) is 22.6 Å². The number of amides is 2. The molecule has 0 spiro atoms. The SMILES string of the molecule is CCNC(=O)CN(C)C(=O)CI. The maximum Gasteiger partial charge on any atom is 0.239 e. The first-order chi connectivity index (χ1) is 5.61. The second kappa shape index (κ2) is 6.22. The standard InChI is InChI=1S/C7H13IN2O2/c1-3-9-6(11)5-10(2)7(12)4-8/h3-5H2,1-2H3,(H,9,11). The van der Waals surface area contributed by atoms with E-state index in [9.17, 15) is 9.59 Å². The Labute approximate surface area is 85.8 Å². The summed E-state index contributed by atoms with van der Waals surface area (Å²) in [6.45, 7) is 2.60. The summed E-state index contributed by atoms with van der Waals surface area (Å²) in [5, 5.41) is 2.62. The Bertz CT molecular complexity index is 173. The van der Waals surface area contributed by atoms with E-state index in [1.807, 2.05) is 29.5 Å². The third-order valence-corrected chi connectivity index (χ3v) is 1.95. The van der Waals surface area contributed by atoms with E-state index in [1.54, 1.807) is 7.05 Å². The summed E-state index contributed by atoms with van der Waals surface area (Å²) in [4.78, 5) is 23.4. The van der Waals surface area contributed by atoms with Gasteiger partial charge in [-0.2, -0.15) is 0 Å². The zero-order valence-corrected chi connectivity index (χ0v) is 9.42. The fourth-order valence-corrected chi connectivity index (χ4v) is 1.24. The average Bonchev–Trinajstić information content (AvgIpc) is 2.03. The summed E-state index contributed by atoms with van der Waals surface area (Å²) >= 11 is 1.97. The predicted molar refractivity (Wildman–Crippen MR) is 55.2 cm³/mol. The second-order valence-electron chi connectivity index (χ2n) is 2.34. The fourth-order valence-electron chi connectivity index (χ4n) is 0.659. The number of rotatable bonds is 4. The number of likely N-dealkylation sites (N-methyl/N-ethyl adjacent to an activating group) is 2. The zero-order valence-electron chi connectivity index (χ0n) is 7.26. The molecule has 0 aromatic rings.